The molecule has 1 fully saturated rings. The molecule has 146 valence electrons. The Bertz CT molecular complexity index is 1130. The highest BCUT2D eigenvalue weighted by atomic mass is 35.5. The molecule has 3 aromatic rings. The zero-order chi connectivity index (χ0) is 19.8. The van der Waals surface area contributed by atoms with Crippen molar-refractivity contribution in [3.05, 3.63) is 56.0 Å². The number of pyridine rings is 1. The van der Waals surface area contributed by atoms with E-state index in [1.807, 2.05) is 4.90 Å². The minimum atomic E-state index is -0.595. The van der Waals surface area contributed by atoms with Crippen molar-refractivity contribution in [3.8, 4) is 0 Å². The number of aryl methyl sites for hydroxylation is 1. The molecule has 0 aromatic carbocycles. The van der Waals surface area contributed by atoms with Crippen molar-refractivity contribution in [3.63, 3.8) is 0 Å². The number of rotatable bonds is 3. The minimum Gasteiger partial charge on any atom is -0.392 e. The van der Waals surface area contributed by atoms with Gasteiger partial charge in [0.25, 0.3) is 0 Å². The Balaban J connectivity index is 1.65. The van der Waals surface area contributed by atoms with E-state index in [4.69, 9.17) is 16.7 Å². The number of aliphatic hydroxyl groups excluding tert-OH is 1. The number of anilines is 1. The molecule has 0 radical (unpaired) electrons. The van der Waals surface area contributed by atoms with Crippen molar-refractivity contribution < 1.29 is 5.11 Å². The number of hydrogen-bond donors (Lipinski definition) is 1. The van der Waals surface area contributed by atoms with E-state index in [1.54, 1.807) is 25.5 Å². The molecule has 4 rings (SSSR count). The number of fused-ring (bicyclic) bond motifs is 1. The molecular weight excluding hydrogens is 384 g/mol. The smallest absolute Gasteiger partial charge is 0.318 e. The van der Waals surface area contributed by atoms with E-state index in [9.17, 15) is 9.59 Å². The van der Waals surface area contributed by atoms with Gasteiger partial charge in [0.1, 0.15) is 0 Å². The molecule has 3 aromatic heterocycles. The Labute approximate surface area is 164 Å². The topological polar surface area (TPSA) is 106 Å². The number of aliphatic hydroxyl groups is 1. The molecule has 0 spiro atoms. The van der Waals surface area contributed by atoms with Crippen LogP contribution < -0.4 is 16.0 Å². The van der Waals surface area contributed by atoms with Gasteiger partial charge >= 0.3 is 11.1 Å². The highest BCUT2D eigenvalue weighted by Gasteiger charge is 2.26. The Morgan fingerprint density at radius 2 is 1.79 bits per heavy atom. The summed E-state index contributed by atoms with van der Waals surface area (Å²) in [4.78, 5) is 40.0. The number of halogens is 1. The van der Waals surface area contributed by atoms with E-state index in [1.165, 1.54) is 15.3 Å². The molecular formula is C18H19ClN6O3. The lowest BCUT2D eigenvalue weighted by Crippen LogP contribution is -2.45. The second-order valence-electron chi connectivity index (χ2n) is 6.80. The van der Waals surface area contributed by atoms with Gasteiger partial charge in [-0.05, 0) is 18.9 Å². The van der Waals surface area contributed by atoms with E-state index in [0.717, 1.165) is 0 Å². The second kappa shape index (κ2) is 7.33. The van der Waals surface area contributed by atoms with Gasteiger partial charge in [-0.25, -0.2) is 15.0 Å². The van der Waals surface area contributed by atoms with Gasteiger partial charge in [-0.3, -0.25) is 14.2 Å². The summed E-state index contributed by atoms with van der Waals surface area (Å²) >= 11 is 6.03. The van der Waals surface area contributed by atoms with Gasteiger partial charge < -0.3 is 14.6 Å². The Kier molecular flexibility index (Phi) is 4.86. The molecule has 9 nitrogen and oxygen atoms in total. The second-order valence-corrected chi connectivity index (χ2v) is 7.24. The predicted molar refractivity (Wildman–Crippen MR) is 105 cm³/mol. The molecule has 0 amide bonds. The van der Waals surface area contributed by atoms with Crippen molar-refractivity contribution in [1.82, 2.24) is 24.1 Å². The lowest BCUT2D eigenvalue weighted by atomic mass is 10.0. The number of aromatic nitrogens is 5. The van der Waals surface area contributed by atoms with Gasteiger partial charge in [-0.1, -0.05) is 11.6 Å². The van der Waals surface area contributed by atoms with Crippen LogP contribution in [0.25, 0.3) is 11.2 Å². The normalized spacial score (nSPS) is 15.3. The minimum absolute atomic E-state index is 0.0989. The highest BCUT2D eigenvalue weighted by molar-refractivity contribution is 6.31. The summed E-state index contributed by atoms with van der Waals surface area (Å²) in [5, 5.41) is 9.51. The van der Waals surface area contributed by atoms with Crippen LogP contribution in [0.15, 0.2) is 34.2 Å². The molecule has 28 heavy (non-hydrogen) atoms. The summed E-state index contributed by atoms with van der Waals surface area (Å²) in [6.45, 7) is 1.18. The van der Waals surface area contributed by atoms with Crippen molar-refractivity contribution in [2.45, 2.75) is 25.5 Å². The molecule has 1 aliphatic rings. The summed E-state index contributed by atoms with van der Waals surface area (Å²) in [5.41, 5.74) is 0.469. The van der Waals surface area contributed by atoms with Crippen LogP contribution >= 0.6 is 11.6 Å². The van der Waals surface area contributed by atoms with E-state index in [2.05, 4.69) is 15.0 Å². The SMILES string of the molecule is Cn1c(=O)c(=O)n(C2CCN(c3ncc(CO)cn3)CC2)c2ncc(Cl)cc21. The van der Waals surface area contributed by atoms with Gasteiger partial charge in [-0.15, -0.1) is 0 Å². The average Bonchev–Trinajstić information content (AvgIpc) is 2.73. The molecule has 0 unspecified atom stereocenters. The van der Waals surface area contributed by atoms with Gasteiger partial charge in [0.2, 0.25) is 5.95 Å². The van der Waals surface area contributed by atoms with Crippen molar-refractivity contribution in [2.75, 3.05) is 18.0 Å². The third-order valence-electron chi connectivity index (χ3n) is 5.10. The van der Waals surface area contributed by atoms with E-state index < -0.39 is 11.1 Å². The summed E-state index contributed by atoms with van der Waals surface area (Å²) in [6.07, 6.45) is 5.98. The Hall–Kier alpha value is -2.78. The zero-order valence-corrected chi connectivity index (χ0v) is 16.0. The fraction of sp³-hybridized carbons (Fsp3) is 0.389. The fourth-order valence-corrected chi connectivity index (χ4v) is 3.71. The third-order valence-corrected chi connectivity index (χ3v) is 5.30. The number of nitrogens with zero attached hydrogens (tertiary/aromatic N) is 6. The monoisotopic (exact) mass is 402 g/mol. The predicted octanol–water partition coefficient (Wildman–Crippen LogP) is 0.872. The summed E-state index contributed by atoms with van der Waals surface area (Å²) in [7, 11) is 1.55. The first kappa shape index (κ1) is 18.6. The van der Waals surface area contributed by atoms with Crippen molar-refractivity contribution >= 4 is 28.7 Å². The van der Waals surface area contributed by atoms with Gasteiger partial charge in [0.05, 0.1) is 17.1 Å². The largest absolute Gasteiger partial charge is 0.392 e. The lowest BCUT2D eigenvalue weighted by molar-refractivity contribution is 0.281. The number of hydrogen-bond acceptors (Lipinski definition) is 7. The average molecular weight is 403 g/mol. The lowest BCUT2D eigenvalue weighted by Gasteiger charge is -2.33. The molecule has 1 N–H and O–H groups in total. The highest BCUT2D eigenvalue weighted by Crippen LogP contribution is 2.26. The summed E-state index contributed by atoms with van der Waals surface area (Å²) in [5.74, 6) is 0.585. The van der Waals surface area contributed by atoms with Gasteiger partial charge in [-0.2, -0.15) is 0 Å². The zero-order valence-electron chi connectivity index (χ0n) is 15.2. The van der Waals surface area contributed by atoms with Crippen LogP contribution in [0, 0.1) is 0 Å². The third kappa shape index (κ3) is 3.16. The van der Waals surface area contributed by atoms with E-state index >= 15 is 0 Å². The first-order valence-corrected chi connectivity index (χ1v) is 9.31. The fourth-order valence-electron chi connectivity index (χ4n) is 3.56. The van der Waals surface area contributed by atoms with Crippen LogP contribution in [-0.2, 0) is 13.7 Å². The molecule has 1 saturated heterocycles. The van der Waals surface area contributed by atoms with E-state index in [0.29, 0.717) is 53.6 Å². The van der Waals surface area contributed by atoms with Crippen LogP contribution in [0.1, 0.15) is 24.4 Å². The molecule has 10 heteroatoms. The number of piperidine rings is 1. The maximum Gasteiger partial charge on any atom is 0.318 e. The van der Waals surface area contributed by atoms with Gasteiger partial charge in [0, 0.05) is 50.3 Å². The first-order valence-electron chi connectivity index (χ1n) is 8.93. The molecule has 4 heterocycles. The molecule has 0 saturated carbocycles. The molecule has 1 aliphatic heterocycles. The van der Waals surface area contributed by atoms with Crippen LogP contribution in [0.2, 0.25) is 5.02 Å². The van der Waals surface area contributed by atoms with E-state index in [-0.39, 0.29) is 12.6 Å². The van der Waals surface area contributed by atoms with Crippen molar-refractivity contribution in [1.29, 1.82) is 0 Å². The maximum absolute atomic E-state index is 12.7. The quantitative estimate of drug-likeness (QED) is 0.648. The van der Waals surface area contributed by atoms with Gasteiger partial charge in [0.15, 0.2) is 5.65 Å². The maximum atomic E-state index is 12.7. The Morgan fingerprint density at radius 3 is 2.43 bits per heavy atom. The Morgan fingerprint density at radius 1 is 1.11 bits per heavy atom. The first-order chi connectivity index (χ1) is 13.5. The standard InChI is InChI=1S/C18H19ClN6O3/c1-23-14-6-12(19)9-20-15(14)25(17(28)16(23)27)13-2-4-24(5-3-13)18-21-7-11(10-26)8-22-18/h6-9,13,26H,2-5,10H2,1H3. The molecule has 0 bridgehead atoms. The molecule has 0 atom stereocenters. The van der Waals surface area contributed by atoms with Crippen LogP contribution in [0.4, 0.5) is 5.95 Å². The van der Waals surface area contributed by atoms with Crippen LogP contribution in [0.3, 0.4) is 0 Å². The van der Waals surface area contributed by atoms with Crippen LogP contribution in [0.5, 0.6) is 0 Å². The summed E-state index contributed by atoms with van der Waals surface area (Å²) in [6, 6.07) is 1.50. The van der Waals surface area contributed by atoms with Crippen LogP contribution in [-0.4, -0.2) is 42.3 Å². The molecule has 0 aliphatic carbocycles. The summed E-state index contributed by atoms with van der Waals surface area (Å²) < 4.78 is 2.79. The van der Waals surface area contributed by atoms with Crippen molar-refractivity contribution in [2.24, 2.45) is 7.05 Å².